The van der Waals surface area contributed by atoms with E-state index in [0.717, 1.165) is 24.2 Å². The predicted molar refractivity (Wildman–Crippen MR) is 86.1 cm³/mol. The van der Waals surface area contributed by atoms with Crippen LogP contribution in [-0.2, 0) is 11.3 Å². The lowest BCUT2D eigenvalue weighted by Gasteiger charge is -2.30. The highest BCUT2D eigenvalue weighted by Crippen LogP contribution is 2.28. The van der Waals surface area contributed by atoms with E-state index in [9.17, 15) is 0 Å². The topological polar surface area (TPSA) is 48.1 Å². The van der Waals surface area contributed by atoms with Gasteiger partial charge in [0.05, 0.1) is 18.2 Å². The zero-order valence-corrected chi connectivity index (χ0v) is 12.7. The molecular weight excluding hydrogens is 260 g/mol. The number of hydrogen-bond donors (Lipinski definition) is 1. The van der Waals surface area contributed by atoms with Crippen LogP contribution < -0.4 is 5.73 Å². The van der Waals surface area contributed by atoms with Crippen molar-refractivity contribution >= 4 is 10.9 Å². The van der Waals surface area contributed by atoms with E-state index in [4.69, 9.17) is 10.5 Å². The van der Waals surface area contributed by atoms with Gasteiger partial charge in [-0.2, -0.15) is 0 Å². The van der Waals surface area contributed by atoms with Crippen molar-refractivity contribution in [2.24, 2.45) is 11.7 Å². The van der Waals surface area contributed by atoms with E-state index in [1.807, 2.05) is 13.0 Å². The van der Waals surface area contributed by atoms with Gasteiger partial charge in [-0.05, 0) is 49.9 Å². The fourth-order valence-corrected chi connectivity index (χ4v) is 3.37. The Labute approximate surface area is 126 Å². The van der Waals surface area contributed by atoms with Gasteiger partial charge < -0.3 is 10.5 Å². The van der Waals surface area contributed by atoms with Gasteiger partial charge in [0.2, 0.25) is 0 Å². The maximum absolute atomic E-state index is 6.23. The van der Waals surface area contributed by atoms with E-state index in [1.165, 1.54) is 30.2 Å². The van der Waals surface area contributed by atoms with Gasteiger partial charge in [0.1, 0.15) is 0 Å². The first-order chi connectivity index (χ1) is 10.3. The van der Waals surface area contributed by atoms with Gasteiger partial charge in [-0.3, -0.25) is 4.98 Å². The van der Waals surface area contributed by atoms with Gasteiger partial charge in [-0.1, -0.05) is 31.0 Å². The van der Waals surface area contributed by atoms with E-state index < -0.39 is 0 Å². The molecular formula is C18H24N2O. The van der Waals surface area contributed by atoms with Gasteiger partial charge in [0.25, 0.3) is 0 Å². The van der Waals surface area contributed by atoms with Crippen molar-refractivity contribution in [1.29, 1.82) is 0 Å². The van der Waals surface area contributed by atoms with Crippen LogP contribution in [0, 0.1) is 12.8 Å². The first kappa shape index (κ1) is 14.5. The number of benzene rings is 1. The molecule has 1 aliphatic rings. The minimum absolute atomic E-state index is 0.316. The van der Waals surface area contributed by atoms with Crippen LogP contribution in [0.15, 0.2) is 30.3 Å². The van der Waals surface area contributed by atoms with Crippen LogP contribution in [0.5, 0.6) is 0 Å². The molecule has 2 aromatic rings. The van der Waals surface area contributed by atoms with Crippen molar-refractivity contribution in [2.45, 2.75) is 45.3 Å². The number of nitrogens with zero attached hydrogens (tertiary/aromatic N) is 1. The number of aromatic nitrogens is 1. The van der Waals surface area contributed by atoms with Gasteiger partial charge >= 0.3 is 0 Å². The van der Waals surface area contributed by atoms with Gasteiger partial charge in [0.15, 0.2) is 0 Å². The smallest absolute Gasteiger partial charge is 0.0728 e. The third-order valence-corrected chi connectivity index (χ3v) is 4.52. The first-order valence-electron chi connectivity index (χ1n) is 7.95. The van der Waals surface area contributed by atoms with Crippen LogP contribution >= 0.6 is 0 Å². The second-order valence-electron chi connectivity index (χ2n) is 6.07. The van der Waals surface area contributed by atoms with Crippen LogP contribution in [0.2, 0.25) is 0 Å². The van der Waals surface area contributed by atoms with Crippen molar-refractivity contribution < 1.29 is 4.74 Å². The summed E-state index contributed by atoms with van der Waals surface area (Å²) in [5.41, 5.74) is 9.22. The zero-order chi connectivity index (χ0) is 14.7. The molecule has 1 aliphatic carbocycles. The quantitative estimate of drug-likeness (QED) is 0.933. The summed E-state index contributed by atoms with van der Waals surface area (Å²) in [6, 6.07) is 10.4. The van der Waals surface area contributed by atoms with E-state index in [2.05, 4.69) is 29.2 Å². The highest BCUT2D eigenvalue weighted by molar-refractivity contribution is 5.82. The molecule has 0 radical (unpaired) electrons. The number of aryl methyl sites for hydroxylation is 1. The Balaban J connectivity index is 1.78. The first-order valence-corrected chi connectivity index (χ1v) is 7.95. The number of rotatable bonds is 4. The molecule has 3 nitrogen and oxygen atoms in total. The van der Waals surface area contributed by atoms with Crippen molar-refractivity contribution in [3.8, 4) is 0 Å². The highest BCUT2D eigenvalue weighted by Gasteiger charge is 2.24. The van der Waals surface area contributed by atoms with Crippen molar-refractivity contribution in [3.05, 3.63) is 41.6 Å². The summed E-state index contributed by atoms with van der Waals surface area (Å²) < 4.78 is 6.23. The van der Waals surface area contributed by atoms with E-state index >= 15 is 0 Å². The standard InChI is InChI=1S/C18H24N2O/c1-13-10-15(16-7-3-4-8-17(16)20-13)12-21-18-9-5-2-6-14(18)11-19/h3-4,7-8,10,14,18H,2,5-6,9,11-12,19H2,1H3. The summed E-state index contributed by atoms with van der Waals surface area (Å²) in [7, 11) is 0. The minimum atomic E-state index is 0.316. The molecule has 1 saturated carbocycles. The van der Waals surface area contributed by atoms with Crippen LogP contribution in [0.4, 0.5) is 0 Å². The molecule has 0 saturated heterocycles. The minimum Gasteiger partial charge on any atom is -0.373 e. The normalized spacial score (nSPS) is 22.6. The average molecular weight is 284 g/mol. The van der Waals surface area contributed by atoms with E-state index in [0.29, 0.717) is 18.6 Å². The summed E-state index contributed by atoms with van der Waals surface area (Å²) in [6.45, 7) is 3.44. The van der Waals surface area contributed by atoms with Crippen molar-refractivity contribution in [1.82, 2.24) is 4.98 Å². The average Bonchev–Trinajstić information content (AvgIpc) is 2.52. The number of nitrogens with two attached hydrogens (primary N) is 1. The maximum atomic E-state index is 6.23. The Kier molecular flexibility index (Phi) is 4.51. The number of pyridine rings is 1. The van der Waals surface area contributed by atoms with Crippen LogP contribution in [-0.4, -0.2) is 17.6 Å². The molecule has 112 valence electrons. The highest BCUT2D eigenvalue weighted by atomic mass is 16.5. The summed E-state index contributed by atoms with van der Waals surface area (Å²) >= 11 is 0. The van der Waals surface area contributed by atoms with Crippen LogP contribution in [0.1, 0.15) is 36.9 Å². The molecule has 2 atom stereocenters. The van der Waals surface area contributed by atoms with Gasteiger partial charge in [0, 0.05) is 11.1 Å². The number of fused-ring (bicyclic) bond motifs is 1. The maximum Gasteiger partial charge on any atom is 0.0728 e. The van der Waals surface area contributed by atoms with Gasteiger partial charge in [-0.25, -0.2) is 0 Å². The van der Waals surface area contributed by atoms with Crippen LogP contribution in [0.25, 0.3) is 10.9 Å². The molecule has 0 spiro atoms. The van der Waals surface area contributed by atoms with Crippen molar-refractivity contribution in [2.75, 3.05) is 6.54 Å². The Morgan fingerprint density at radius 2 is 2.05 bits per heavy atom. The molecule has 0 amide bonds. The van der Waals surface area contributed by atoms with E-state index in [1.54, 1.807) is 0 Å². The third kappa shape index (κ3) is 3.25. The third-order valence-electron chi connectivity index (χ3n) is 4.52. The fourth-order valence-electron chi connectivity index (χ4n) is 3.37. The summed E-state index contributed by atoms with van der Waals surface area (Å²) in [6.07, 6.45) is 5.22. The summed E-state index contributed by atoms with van der Waals surface area (Å²) in [4.78, 5) is 4.59. The SMILES string of the molecule is Cc1cc(COC2CCCCC2CN)c2ccccc2n1. The molecule has 3 rings (SSSR count). The molecule has 3 heteroatoms. The number of ether oxygens (including phenoxy) is 1. The monoisotopic (exact) mass is 284 g/mol. The fraction of sp³-hybridized carbons (Fsp3) is 0.500. The zero-order valence-electron chi connectivity index (χ0n) is 12.7. The number of hydrogen-bond acceptors (Lipinski definition) is 3. The molecule has 21 heavy (non-hydrogen) atoms. The Hall–Kier alpha value is -1.45. The second kappa shape index (κ2) is 6.54. The molecule has 0 bridgehead atoms. The largest absolute Gasteiger partial charge is 0.373 e. The van der Waals surface area contributed by atoms with Crippen molar-refractivity contribution in [3.63, 3.8) is 0 Å². The second-order valence-corrected chi connectivity index (χ2v) is 6.07. The lowest BCUT2D eigenvalue weighted by Crippen LogP contribution is -2.33. The Morgan fingerprint density at radius 3 is 2.90 bits per heavy atom. The Morgan fingerprint density at radius 1 is 1.24 bits per heavy atom. The molecule has 0 aliphatic heterocycles. The molecule has 1 aromatic carbocycles. The van der Waals surface area contributed by atoms with Gasteiger partial charge in [-0.15, -0.1) is 0 Å². The molecule has 2 N–H and O–H groups in total. The predicted octanol–water partition coefficient (Wildman–Crippen LogP) is 3.58. The lowest BCUT2D eigenvalue weighted by molar-refractivity contribution is -0.0178. The molecule has 1 heterocycles. The Bertz CT molecular complexity index is 611. The number of para-hydroxylation sites is 1. The van der Waals surface area contributed by atoms with Crippen LogP contribution in [0.3, 0.4) is 0 Å². The van der Waals surface area contributed by atoms with E-state index in [-0.39, 0.29) is 0 Å². The lowest BCUT2D eigenvalue weighted by atomic mass is 9.86. The summed E-state index contributed by atoms with van der Waals surface area (Å²) in [5, 5.41) is 1.20. The molecule has 1 aromatic heterocycles. The molecule has 1 fully saturated rings. The summed E-state index contributed by atoms with van der Waals surface area (Å²) in [5.74, 6) is 0.521. The molecule has 2 unspecified atom stereocenters.